The molecule has 0 fully saturated rings. The molecule has 194 valence electrons. The topological polar surface area (TPSA) is 103 Å². The van der Waals surface area contributed by atoms with E-state index in [-0.39, 0.29) is 5.91 Å². The number of carbonyl (C=O) groups is 1. The van der Waals surface area contributed by atoms with Gasteiger partial charge in [-0.1, -0.05) is 47.6 Å². The molecule has 1 amide bonds. The zero-order valence-corrected chi connectivity index (χ0v) is 21.9. The summed E-state index contributed by atoms with van der Waals surface area (Å²) >= 11 is 0. The number of nitrogens with one attached hydrogen (secondary N) is 2. The first-order valence-corrected chi connectivity index (χ1v) is 12.5. The highest BCUT2D eigenvalue weighted by atomic mass is 16.5. The van der Waals surface area contributed by atoms with Crippen LogP contribution in [0.15, 0.2) is 78.0 Å². The fourth-order valence-corrected chi connectivity index (χ4v) is 4.55. The van der Waals surface area contributed by atoms with Gasteiger partial charge in [0.1, 0.15) is 12.6 Å². The number of rotatable bonds is 8. The fraction of sp³-hybridized carbons (Fsp3) is 0.241. The zero-order valence-electron chi connectivity index (χ0n) is 21.9. The average molecular weight is 511 g/mol. The van der Waals surface area contributed by atoms with Crippen LogP contribution in [0.4, 0.5) is 11.6 Å². The number of aryl methyl sites for hydroxylation is 2. The summed E-state index contributed by atoms with van der Waals surface area (Å²) in [4.78, 5) is 13.6. The number of nitrogens with zero attached hydrogens (tertiary/aromatic N) is 4. The minimum Gasteiger partial charge on any atom is -0.490 e. The number of fused-ring (bicyclic) bond motifs is 1. The molecule has 9 heteroatoms. The lowest BCUT2D eigenvalue weighted by molar-refractivity contribution is -0.113. The maximum atomic E-state index is 13.6. The van der Waals surface area contributed by atoms with Gasteiger partial charge in [-0.05, 0) is 84.6 Å². The third kappa shape index (κ3) is 5.08. The normalized spacial score (nSPS) is 14.5. The molecule has 38 heavy (non-hydrogen) atoms. The third-order valence-electron chi connectivity index (χ3n) is 6.46. The Balaban J connectivity index is 1.50. The van der Waals surface area contributed by atoms with Crippen LogP contribution in [0.5, 0.6) is 11.5 Å². The van der Waals surface area contributed by atoms with Gasteiger partial charge in [-0.25, -0.2) is 0 Å². The van der Waals surface area contributed by atoms with Gasteiger partial charge in [0.25, 0.3) is 5.91 Å². The quantitative estimate of drug-likeness (QED) is 0.336. The molecule has 0 bridgehead atoms. The molecule has 0 saturated heterocycles. The van der Waals surface area contributed by atoms with Crippen LogP contribution in [0.2, 0.25) is 0 Å². The van der Waals surface area contributed by atoms with Crippen LogP contribution in [-0.2, 0) is 11.4 Å². The molecule has 1 unspecified atom stereocenters. The predicted molar refractivity (Wildman–Crippen MR) is 145 cm³/mol. The van der Waals surface area contributed by atoms with Crippen LogP contribution in [0, 0.1) is 13.8 Å². The SMILES string of the molecule is CCOc1cc(C2C(C(=O)Nc3cccc(C)c3)=C(C)Nc3nnnn32)ccc1OCc1ccccc1C. The average Bonchev–Trinajstić information content (AvgIpc) is 3.36. The maximum absolute atomic E-state index is 13.6. The van der Waals surface area contributed by atoms with E-state index in [0.717, 1.165) is 22.3 Å². The van der Waals surface area contributed by atoms with Crippen molar-refractivity contribution in [1.29, 1.82) is 0 Å². The first kappa shape index (κ1) is 25.0. The molecule has 0 saturated carbocycles. The predicted octanol–water partition coefficient (Wildman–Crippen LogP) is 5.20. The smallest absolute Gasteiger partial charge is 0.255 e. The molecular formula is C29H30N6O3. The van der Waals surface area contributed by atoms with E-state index in [1.54, 1.807) is 4.68 Å². The molecule has 5 rings (SSSR count). The highest BCUT2D eigenvalue weighted by molar-refractivity contribution is 6.06. The summed E-state index contributed by atoms with van der Waals surface area (Å²) in [6.07, 6.45) is 0. The van der Waals surface area contributed by atoms with Crippen LogP contribution in [-0.4, -0.2) is 32.7 Å². The molecule has 1 aliphatic heterocycles. The second kappa shape index (κ2) is 10.8. The molecule has 0 radical (unpaired) electrons. The van der Waals surface area contributed by atoms with Gasteiger partial charge in [0.05, 0.1) is 12.2 Å². The Labute approximate surface area is 221 Å². The summed E-state index contributed by atoms with van der Waals surface area (Å²) in [6.45, 7) is 8.69. The Kier molecular flexibility index (Phi) is 7.08. The lowest BCUT2D eigenvalue weighted by atomic mass is 9.94. The van der Waals surface area contributed by atoms with Crippen molar-refractivity contribution in [2.24, 2.45) is 0 Å². The molecule has 3 aromatic carbocycles. The van der Waals surface area contributed by atoms with E-state index in [1.807, 2.05) is 81.4 Å². The molecule has 1 atom stereocenters. The second-order valence-corrected chi connectivity index (χ2v) is 9.19. The molecular weight excluding hydrogens is 480 g/mol. The largest absolute Gasteiger partial charge is 0.490 e. The molecule has 2 N–H and O–H groups in total. The standard InChI is InChI=1S/C29H30N6O3/c1-5-37-25-16-21(13-14-24(25)38-17-22-11-7-6-10-19(22)3)27-26(20(4)30-29-32-33-34-35(27)29)28(36)31-23-12-8-9-18(2)15-23/h6-16,27H,5,17H2,1-4H3,(H,31,36)(H,30,32,34). The van der Waals surface area contributed by atoms with E-state index in [4.69, 9.17) is 9.47 Å². The van der Waals surface area contributed by atoms with E-state index in [1.165, 1.54) is 0 Å². The van der Waals surface area contributed by atoms with Crippen LogP contribution in [0.1, 0.15) is 42.1 Å². The maximum Gasteiger partial charge on any atom is 0.255 e. The van der Waals surface area contributed by atoms with E-state index in [2.05, 4.69) is 39.1 Å². The molecule has 1 aliphatic rings. The van der Waals surface area contributed by atoms with E-state index in [0.29, 0.717) is 47.6 Å². The van der Waals surface area contributed by atoms with Crippen LogP contribution in [0.25, 0.3) is 0 Å². The molecule has 4 aromatic rings. The fourth-order valence-electron chi connectivity index (χ4n) is 4.55. The number of ether oxygens (including phenoxy) is 2. The van der Waals surface area contributed by atoms with Gasteiger partial charge in [-0.2, -0.15) is 4.68 Å². The Morgan fingerprint density at radius 2 is 1.84 bits per heavy atom. The minimum atomic E-state index is -0.573. The minimum absolute atomic E-state index is 0.246. The van der Waals surface area contributed by atoms with Gasteiger partial charge in [0, 0.05) is 11.4 Å². The lowest BCUT2D eigenvalue weighted by Crippen LogP contribution is -2.31. The number of amides is 1. The Bertz CT molecular complexity index is 1510. The van der Waals surface area contributed by atoms with Gasteiger partial charge in [-0.15, -0.1) is 0 Å². The van der Waals surface area contributed by atoms with Gasteiger partial charge in [-0.3, -0.25) is 4.79 Å². The second-order valence-electron chi connectivity index (χ2n) is 9.19. The van der Waals surface area contributed by atoms with Crippen molar-refractivity contribution < 1.29 is 14.3 Å². The number of hydrogen-bond acceptors (Lipinski definition) is 7. The number of allylic oxidation sites excluding steroid dienone is 1. The number of benzene rings is 3. The molecule has 0 aliphatic carbocycles. The summed E-state index contributed by atoms with van der Waals surface area (Å²) < 4.78 is 13.7. The first-order valence-electron chi connectivity index (χ1n) is 12.5. The molecule has 9 nitrogen and oxygen atoms in total. The Morgan fingerprint density at radius 1 is 1.00 bits per heavy atom. The van der Waals surface area contributed by atoms with Crippen molar-refractivity contribution in [2.45, 2.75) is 40.3 Å². The summed E-state index contributed by atoms with van der Waals surface area (Å²) in [7, 11) is 0. The number of hydrogen-bond donors (Lipinski definition) is 2. The van der Waals surface area contributed by atoms with E-state index < -0.39 is 6.04 Å². The summed E-state index contributed by atoms with van der Waals surface area (Å²) in [6, 6.07) is 20.9. The van der Waals surface area contributed by atoms with Crippen LogP contribution >= 0.6 is 0 Å². The van der Waals surface area contributed by atoms with Crippen molar-refractivity contribution in [1.82, 2.24) is 20.2 Å². The Hall–Kier alpha value is -4.66. The number of anilines is 2. The van der Waals surface area contributed by atoms with Crippen molar-refractivity contribution >= 4 is 17.5 Å². The summed E-state index contributed by atoms with van der Waals surface area (Å²) in [5.74, 6) is 1.42. The third-order valence-corrected chi connectivity index (χ3v) is 6.46. The van der Waals surface area contributed by atoms with E-state index >= 15 is 0 Å². The zero-order chi connectivity index (χ0) is 26.6. The Morgan fingerprint density at radius 3 is 2.63 bits per heavy atom. The van der Waals surface area contributed by atoms with Crippen molar-refractivity contribution in [3.63, 3.8) is 0 Å². The highest BCUT2D eigenvalue weighted by Crippen LogP contribution is 2.39. The van der Waals surface area contributed by atoms with Gasteiger partial charge >= 0.3 is 0 Å². The lowest BCUT2D eigenvalue weighted by Gasteiger charge is -2.28. The van der Waals surface area contributed by atoms with Gasteiger partial charge in [0.2, 0.25) is 5.95 Å². The van der Waals surface area contributed by atoms with Crippen LogP contribution < -0.4 is 20.1 Å². The van der Waals surface area contributed by atoms with E-state index in [9.17, 15) is 4.79 Å². The first-order chi connectivity index (χ1) is 18.4. The summed E-state index contributed by atoms with van der Waals surface area (Å²) in [5, 5.41) is 18.3. The number of carbonyl (C=O) groups excluding carboxylic acids is 1. The number of aromatic nitrogens is 4. The van der Waals surface area contributed by atoms with Gasteiger partial charge < -0.3 is 20.1 Å². The number of tetrazole rings is 1. The van der Waals surface area contributed by atoms with Crippen molar-refractivity contribution in [2.75, 3.05) is 17.2 Å². The summed E-state index contributed by atoms with van der Waals surface area (Å²) in [5.41, 5.74) is 5.99. The molecule has 2 heterocycles. The van der Waals surface area contributed by atoms with Crippen molar-refractivity contribution in [3.05, 3.63) is 100 Å². The molecule has 1 aromatic heterocycles. The van der Waals surface area contributed by atoms with Crippen molar-refractivity contribution in [3.8, 4) is 11.5 Å². The highest BCUT2D eigenvalue weighted by Gasteiger charge is 2.34. The molecule has 0 spiro atoms. The monoisotopic (exact) mass is 510 g/mol. The van der Waals surface area contributed by atoms with Crippen LogP contribution in [0.3, 0.4) is 0 Å². The van der Waals surface area contributed by atoms with Gasteiger partial charge in [0.15, 0.2) is 11.5 Å².